The molecule has 0 N–H and O–H groups in total. The second-order valence-electron chi connectivity index (χ2n) is 6.25. The molecule has 3 rings (SSSR count). The van der Waals surface area contributed by atoms with Crippen molar-refractivity contribution in [3.8, 4) is 0 Å². The van der Waals surface area contributed by atoms with Crippen LogP contribution in [-0.4, -0.2) is 43.0 Å². The number of nitrogens with zero attached hydrogens (tertiary/aromatic N) is 3. The molecule has 0 saturated carbocycles. The molecular weight excluding hydrogens is 350 g/mol. The molecule has 1 aliphatic rings. The molecule has 0 aliphatic carbocycles. The van der Waals surface area contributed by atoms with E-state index in [-0.39, 0.29) is 10.7 Å². The van der Waals surface area contributed by atoms with E-state index in [1.54, 1.807) is 36.2 Å². The Bertz CT molecular complexity index is 912. The summed E-state index contributed by atoms with van der Waals surface area (Å²) in [6.45, 7) is 1.96. The summed E-state index contributed by atoms with van der Waals surface area (Å²) >= 11 is 5.33. The number of carbonyl (C=O) groups is 2. The normalized spacial score (nSPS) is 16.6. The van der Waals surface area contributed by atoms with E-state index >= 15 is 0 Å². The van der Waals surface area contributed by atoms with Crippen LogP contribution in [0.5, 0.6) is 0 Å². The van der Waals surface area contributed by atoms with Crippen LogP contribution in [0.3, 0.4) is 0 Å². The van der Waals surface area contributed by atoms with Gasteiger partial charge in [-0.2, -0.15) is 0 Å². The zero-order valence-corrected chi connectivity index (χ0v) is 15.8. The fourth-order valence-electron chi connectivity index (χ4n) is 2.56. The maximum absolute atomic E-state index is 13.0. The third kappa shape index (κ3) is 3.13. The van der Waals surface area contributed by atoms with Crippen molar-refractivity contribution in [2.75, 3.05) is 30.9 Å². The molecule has 0 radical (unpaired) electrons. The summed E-state index contributed by atoms with van der Waals surface area (Å²) in [7, 11) is 5.25. The SMILES string of the molecule is Cc1ccc(N2C(=O)/C(=C\c3ccc(N(C)C)o3)C(=O)N(C)C2=S)cc1. The predicted octanol–water partition coefficient (Wildman–Crippen LogP) is 2.83. The summed E-state index contributed by atoms with van der Waals surface area (Å²) < 4.78 is 5.64. The average molecular weight is 369 g/mol. The number of hydrogen-bond donors (Lipinski definition) is 0. The van der Waals surface area contributed by atoms with Crippen LogP contribution in [0.4, 0.5) is 11.6 Å². The first kappa shape index (κ1) is 17.9. The number of anilines is 2. The van der Waals surface area contributed by atoms with Crippen LogP contribution >= 0.6 is 12.2 Å². The molecule has 0 spiro atoms. The number of furan rings is 1. The van der Waals surface area contributed by atoms with Crippen LogP contribution < -0.4 is 9.80 Å². The van der Waals surface area contributed by atoms with Crippen molar-refractivity contribution in [2.45, 2.75) is 6.92 Å². The van der Waals surface area contributed by atoms with Gasteiger partial charge in [0.05, 0.1) is 5.69 Å². The number of thiocarbonyl (C=S) groups is 1. The molecule has 26 heavy (non-hydrogen) atoms. The van der Waals surface area contributed by atoms with Crippen molar-refractivity contribution in [1.29, 1.82) is 0 Å². The maximum Gasteiger partial charge on any atom is 0.270 e. The number of hydrogen-bond acceptors (Lipinski definition) is 5. The van der Waals surface area contributed by atoms with Gasteiger partial charge in [-0.3, -0.25) is 19.4 Å². The van der Waals surface area contributed by atoms with E-state index in [1.165, 1.54) is 15.9 Å². The zero-order chi connectivity index (χ0) is 19.0. The average Bonchev–Trinajstić information content (AvgIpc) is 3.08. The van der Waals surface area contributed by atoms with Crippen molar-refractivity contribution in [3.05, 3.63) is 53.3 Å². The Hall–Kier alpha value is -2.93. The largest absolute Gasteiger partial charge is 0.441 e. The van der Waals surface area contributed by atoms with Crippen molar-refractivity contribution in [1.82, 2.24) is 4.90 Å². The fourth-order valence-corrected chi connectivity index (χ4v) is 2.83. The lowest BCUT2D eigenvalue weighted by molar-refractivity contribution is -0.127. The standard InChI is InChI=1S/C19H19N3O3S/c1-12-5-7-13(8-6-12)22-18(24)15(17(23)21(4)19(22)26)11-14-9-10-16(25-14)20(2)3/h5-11H,1-4H3/b15-11-. The van der Waals surface area contributed by atoms with E-state index in [4.69, 9.17) is 16.6 Å². The van der Waals surface area contributed by atoms with Crippen molar-refractivity contribution in [3.63, 3.8) is 0 Å². The van der Waals surface area contributed by atoms with Gasteiger partial charge in [-0.1, -0.05) is 17.7 Å². The fraction of sp³-hybridized carbons (Fsp3) is 0.211. The molecule has 1 fully saturated rings. The number of carbonyl (C=O) groups excluding carboxylic acids is 2. The Morgan fingerprint density at radius 1 is 1.04 bits per heavy atom. The molecule has 2 heterocycles. The quantitative estimate of drug-likeness (QED) is 0.473. The number of benzene rings is 1. The number of amides is 2. The Balaban J connectivity index is 2.02. The Labute approximate surface area is 157 Å². The van der Waals surface area contributed by atoms with E-state index < -0.39 is 11.8 Å². The summed E-state index contributed by atoms with van der Waals surface area (Å²) in [5, 5.41) is 0.148. The lowest BCUT2D eigenvalue weighted by Gasteiger charge is -2.34. The summed E-state index contributed by atoms with van der Waals surface area (Å²) in [6.07, 6.45) is 1.46. The highest BCUT2D eigenvalue weighted by Gasteiger charge is 2.38. The van der Waals surface area contributed by atoms with Crippen molar-refractivity contribution in [2.24, 2.45) is 0 Å². The monoisotopic (exact) mass is 369 g/mol. The molecule has 0 atom stereocenters. The van der Waals surface area contributed by atoms with E-state index in [2.05, 4.69) is 0 Å². The molecule has 1 aromatic carbocycles. The Kier molecular flexibility index (Phi) is 4.65. The summed E-state index contributed by atoms with van der Waals surface area (Å²) in [6, 6.07) is 10.9. The first-order valence-corrected chi connectivity index (χ1v) is 8.42. The van der Waals surface area contributed by atoms with Gasteiger partial charge < -0.3 is 9.32 Å². The molecule has 2 amide bonds. The maximum atomic E-state index is 13.0. The van der Waals surface area contributed by atoms with Crippen LogP contribution in [0.1, 0.15) is 11.3 Å². The van der Waals surface area contributed by atoms with Gasteiger partial charge in [0.2, 0.25) is 0 Å². The van der Waals surface area contributed by atoms with Gasteiger partial charge in [-0.05, 0) is 43.4 Å². The van der Waals surface area contributed by atoms with Gasteiger partial charge >= 0.3 is 0 Å². The molecule has 2 aromatic rings. The Morgan fingerprint density at radius 2 is 1.69 bits per heavy atom. The van der Waals surface area contributed by atoms with Crippen LogP contribution in [0.2, 0.25) is 0 Å². The molecule has 0 bridgehead atoms. The third-order valence-corrected chi connectivity index (χ3v) is 4.54. The van der Waals surface area contributed by atoms with Crippen LogP contribution in [0.15, 0.2) is 46.4 Å². The number of aryl methyl sites for hydroxylation is 1. The third-order valence-electron chi connectivity index (χ3n) is 4.08. The number of likely N-dealkylation sites (N-methyl/N-ethyl adjacent to an activating group) is 1. The lowest BCUT2D eigenvalue weighted by atomic mass is 10.1. The summed E-state index contributed by atoms with van der Waals surface area (Å²) in [5.74, 6) is 0.137. The number of rotatable bonds is 3. The molecule has 7 heteroatoms. The van der Waals surface area contributed by atoms with Gasteiger partial charge in [0.15, 0.2) is 11.0 Å². The van der Waals surface area contributed by atoms with Crippen LogP contribution in [0, 0.1) is 6.92 Å². The van der Waals surface area contributed by atoms with E-state index in [0.717, 1.165) is 5.56 Å². The minimum atomic E-state index is -0.468. The first-order valence-electron chi connectivity index (χ1n) is 8.01. The molecule has 6 nitrogen and oxygen atoms in total. The molecule has 1 saturated heterocycles. The minimum Gasteiger partial charge on any atom is -0.441 e. The molecule has 134 valence electrons. The first-order chi connectivity index (χ1) is 12.3. The van der Waals surface area contributed by atoms with Gasteiger partial charge in [0.1, 0.15) is 11.3 Å². The van der Waals surface area contributed by atoms with E-state index in [0.29, 0.717) is 17.3 Å². The summed E-state index contributed by atoms with van der Waals surface area (Å²) in [4.78, 5) is 30.0. The molecule has 1 aliphatic heterocycles. The molecule has 1 aromatic heterocycles. The van der Waals surface area contributed by atoms with Crippen LogP contribution in [0.25, 0.3) is 6.08 Å². The molecule has 0 unspecified atom stereocenters. The summed E-state index contributed by atoms with van der Waals surface area (Å²) in [5.41, 5.74) is 1.68. The highest BCUT2D eigenvalue weighted by Crippen LogP contribution is 2.26. The highest BCUT2D eigenvalue weighted by molar-refractivity contribution is 7.80. The van der Waals surface area contributed by atoms with Crippen molar-refractivity contribution < 1.29 is 14.0 Å². The zero-order valence-electron chi connectivity index (χ0n) is 15.0. The predicted molar refractivity (Wildman–Crippen MR) is 105 cm³/mol. The lowest BCUT2D eigenvalue weighted by Crippen LogP contribution is -2.54. The Morgan fingerprint density at radius 3 is 2.27 bits per heavy atom. The highest BCUT2D eigenvalue weighted by atomic mass is 32.1. The van der Waals surface area contributed by atoms with E-state index in [1.807, 2.05) is 33.2 Å². The molecular formula is C19H19N3O3S. The van der Waals surface area contributed by atoms with E-state index in [9.17, 15) is 9.59 Å². The van der Waals surface area contributed by atoms with Gasteiger partial charge in [-0.15, -0.1) is 0 Å². The van der Waals surface area contributed by atoms with Crippen LogP contribution in [-0.2, 0) is 9.59 Å². The van der Waals surface area contributed by atoms with Gasteiger partial charge in [0, 0.05) is 27.2 Å². The smallest absolute Gasteiger partial charge is 0.270 e. The second kappa shape index (κ2) is 6.76. The minimum absolute atomic E-state index is 0.00123. The van der Waals surface area contributed by atoms with Crippen molar-refractivity contribution >= 4 is 46.8 Å². The topological polar surface area (TPSA) is 57.0 Å². The van der Waals surface area contributed by atoms with Gasteiger partial charge in [0.25, 0.3) is 11.8 Å². The second-order valence-corrected chi connectivity index (χ2v) is 6.62. The van der Waals surface area contributed by atoms with Gasteiger partial charge in [-0.25, -0.2) is 0 Å².